The average Bonchev–Trinajstić information content (AvgIpc) is 3.66. The predicted molar refractivity (Wildman–Crippen MR) is 204 cm³/mol. The Hall–Kier alpha value is -1.96. The Balaban J connectivity index is 1.63. The van der Waals surface area contributed by atoms with E-state index in [4.69, 9.17) is 17.0 Å². The number of hydrogen-bond donors (Lipinski definition) is 0. The Bertz CT molecular complexity index is 1730. The van der Waals surface area contributed by atoms with Gasteiger partial charge < -0.3 is 0 Å². The standard InChI is InChI=1S/2C20H21.C2H7Si.2ClH.Zr/c2*1-4-15-8-5-6-10-18(15)19-11-7-9-16-12-17(14(2)3)13-20(16)19;1-3-2;;;/h2*5-14H,4H2,1-3H3;3H,1-2H3;2*1H;/q;;;;;+2/p-2. The van der Waals surface area contributed by atoms with E-state index < -0.39 is 21.5 Å². The summed E-state index contributed by atoms with van der Waals surface area (Å²) >= 11 is -4.88. The first kappa shape index (κ1) is 33.9. The van der Waals surface area contributed by atoms with E-state index in [1.807, 2.05) is 0 Å². The minimum absolute atomic E-state index is 0.0878. The SMILES string of the molecule is CCc1ccccc1-c1cccc2c1C=C(C(C)C)[CH]2[Zr]([Cl])([Cl])([CH]1C(C(C)C)=Cc2c(-c3ccccc3CC)cccc21)[SiH](C)C. The zero-order valence-corrected chi connectivity index (χ0v) is 33.9. The van der Waals surface area contributed by atoms with E-state index in [9.17, 15) is 0 Å². The number of rotatable bonds is 9. The molecule has 4 aromatic carbocycles. The van der Waals surface area contributed by atoms with Crippen LogP contribution < -0.4 is 0 Å². The van der Waals surface area contributed by atoms with Crippen LogP contribution in [0.1, 0.15) is 82.2 Å². The fourth-order valence-corrected chi connectivity index (χ4v) is 40.1. The molecule has 0 fully saturated rings. The third-order valence-electron chi connectivity index (χ3n) is 11.1. The van der Waals surface area contributed by atoms with Crippen LogP contribution in [-0.4, -0.2) is 5.92 Å². The first-order valence-corrected chi connectivity index (χ1v) is 33.7. The van der Waals surface area contributed by atoms with E-state index in [0.29, 0.717) is 11.8 Å². The molecule has 0 aromatic heterocycles. The topological polar surface area (TPSA) is 0 Å². The van der Waals surface area contributed by atoms with Crippen molar-refractivity contribution in [1.29, 1.82) is 0 Å². The minimum atomic E-state index is -4.88. The predicted octanol–water partition coefficient (Wildman–Crippen LogP) is 13.0. The Labute approximate surface area is 286 Å². The van der Waals surface area contributed by atoms with Crippen molar-refractivity contribution in [3.05, 3.63) is 129 Å². The van der Waals surface area contributed by atoms with Gasteiger partial charge in [0, 0.05) is 0 Å². The Morgan fingerprint density at radius 2 is 0.935 bits per heavy atom. The van der Waals surface area contributed by atoms with Gasteiger partial charge in [0.1, 0.15) is 0 Å². The molecule has 0 radical (unpaired) electrons. The number of aryl methyl sites for hydroxylation is 2. The average molecular weight is 744 g/mol. The van der Waals surface area contributed by atoms with E-state index in [1.165, 1.54) is 66.8 Å². The van der Waals surface area contributed by atoms with Gasteiger partial charge in [0.25, 0.3) is 0 Å². The van der Waals surface area contributed by atoms with Crippen molar-refractivity contribution in [2.24, 2.45) is 11.8 Å². The second-order valence-corrected chi connectivity index (χ2v) is 57.0. The number of benzene rings is 4. The van der Waals surface area contributed by atoms with Gasteiger partial charge in [0.15, 0.2) is 0 Å². The number of hydrogen-bond acceptors (Lipinski definition) is 0. The van der Waals surface area contributed by atoms with E-state index in [2.05, 4.69) is 152 Å². The van der Waals surface area contributed by atoms with Gasteiger partial charge in [0.05, 0.1) is 0 Å². The van der Waals surface area contributed by atoms with Gasteiger partial charge in [-0.2, -0.15) is 0 Å². The molecular formula is C42H49Cl2SiZr. The van der Waals surface area contributed by atoms with Crippen LogP contribution in [0, 0.1) is 11.8 Å². The van der Waals surface area contributed by atoms with Crippen LogP contribution in [0.2, 0.25) is 13.1 Å². The molecule has 2 unspecified atom stereocenters. The normalized spacial score (nSPS) is 18.4. The van der Waals surface area contributed by atoms with Crippen LogP contribution >= 0.6 is 17.0 Å². The zero-order chi connectivity index (χ0) is 33.0. The molecule has 0 spiro atoms. The van der Waals surface area contributed by atoms with Crippen molar-refractivity contribution in [3.8, 4) is 22.3 Å². The maximum absolute atomic E-state index is 8.74. The summed E-state index contributed by atoms with van der Waals surface area (Å²) in [7, 11) is 17.5. The molecule has 0 heterocycles. The van der Waals surface area contributed by atoms with Crippen LogP contribution in [0.3, 0.4) is 0 Å². The molecule has 239 valence electrons. The van der Waals surface area contributed by atoms with E-state index in [0.717, 1.165) is 12.8 Å². The zero-order valence-electron chi connectivity index (χ0n) is 28.8. The van der Waals surface area contributed by atoms with Crippen LogP contribution in [0.25, 0.3) is 34.4 Å². The van der Waals surface area contributed by atoms with Gasteiger partial charge in [-0.1, -0.05) is 0 Å². The van der Waals surface area contributed by atoms with Crippen molar-refractivity contribution >= 4 is 35.1 Å². The Morgan fingerprint density at radius 1 is 0.565 bits per heavy atom. The molecule has 6 rings (SSSR count). The summed E-state index contributed by atoms with van der Waals surface area (Å²) in [6, 6.07) is 31.7. The molecule has 2 aliphatic carbocycles. The van der Waals surface area contributed by atoms with Crippen LogP contribution in [0.5, 0.6) is 0 Å². The molecule has 2 atom stereocenters. The van der Waals surface area contributed by atoms with Crippen LogP contribution in [0.15, 0.2) is 96.1 Å². The van der Waals surface area contributed by atoms with Crippen molar-refractivity contribution < 1.29 is 15.6 Å². The molecule has 0 aliphatic heterocycles. The molecule has 0 nitrogen and oxygen atoms in total. The van der Waals surface area contributed by atoms with Gasteiger partial charge in [0.2, 0.25) is 0 Å². The molecule has 0 N–H and O–H groups in total. The third-order valence-corrected chi connectivity index (χ3v) is 62.8. The van der Waals surface area contributed by atoms with Gasteiger partial charge >= 0.3 is 289 Å². The third kappa shape index (κ3) is 5.26. The summed E-state index contributed by atoms with van der Waals surface area (Å²) in [5.41, 5.74) is 16.4. The summed E-state index contributed by atoms with van der Waals surface area (Å²) < 4.78 is 0.176. The van der Waals surface area contributed by atoms with Crippen LogP contribution in [0.4, 0.5) is 0 Å². The van der Waals surface area contributed by atoms with E-state index in [-0.39, 0.29) is 7.25 Å². The number of halogens is 2. The van der Waals surface area contributed by atoms with Gasteiger partial charge in [-0.3, -0.25) is 0 Å². The molecule has 2 aliphatic rings. The molecular weight excluding hydrogens is 695 g/mol. The quantitative estimate of drug-likeness (QED) is 0.150. The molecule has 4 heteroatoms. The monoisotopic (exact) mass is 741 g/mol. The van der Waals surface area contributed by atoms with E-state index in [1.54, 1.807) is 0 Å². The Morgan fingerprint density at radius 3 is 1.28 bits per heavy atom. The molecule has 46 heavy (non-hydrogen) atoms. The first-order valence-electron chi connectivity index (χ1n) is 17.4. The molecule has 0 bridgehead atoms. The molecule has 4 aromatic rings. The number of fused-ring (bicyclic) bond motifs is 2. The summed E-state index contributed by atoms with van der Waals surface area (Å²) in [6.07, 6.45) is 7.01. The maximum atomic E-state index is 8.74. The van der Waals surface area contributed by atoms with Crippen molar-refractivity contribution in [2.75, 3.05) is 0 Å². The van der Waals surface area contributed by atoms with Crippen molar-refractivity contribution in [2.45, 2.75) is 74.7 Å². The van der Waals surface area contributed by atoms with Crippen molar-refractivity contribution in [3.63, 3.8) is 0 Å². The second-order valence-electron chi connectivity index (χ2n) is 14.5. The second kappa shape index (κ2) is 12.8. The Kier molecular flexibility index (Phi) is 9.45. The van der Waals surface area contributed by atoms with Gasteiger partial charge in [-0.05, 0) is 0 Å². The fourth-order valence-electron chi connectivity index (χ4n) is 8.57. The van der Waals surface area contributed by atoms with E-state index >= 15 is 0 Å². The van der Waals surface area contributed by atoms with Gasteiger partial charge in [-0.15, -0.1) is 0 Å². The summed E-state index contributed by atoms with van der Waals surface area (Å²) in [5, 5.41) is 0. The van der Waals surface area contributed by atoms with Crippen LogP contribution in [-0.2, 0) is 28.4 Å². The first-order chi connectivity index (χ1) is 21.9. The van der Waals surface area contributed by atoms with Gasteiger partial charge in [-0.25, -0.2) is 0 Å². The summed E-state index contributed by atoms with van der Waals surface area (Å²) in [6.45, 7) is 18.8. The number of allylic oxidation sites excluding steroid dienone is 2. The fraction of sp³-hybridized carbons (Fsp3) is 0.333. The molecule has 0 saturated carbocycles. The molecule has 0 amide bonds. The summed E-state index contributed by atoms with van der Waals surface area (Å²) in [4.78, 5) is 0. The molecule has 0 saturated heterocycles. The van der Waals surface area contributed by atoms with Crippen molar-refractivity contribution in [1.82, 2.24) is 0 Å². The summed E-state index contributed by atoms with van der Waals surface area (Å²) in [5.74, 6) is -0.956.